The van der Waals surface area contributed by atoms with Crippen LogP contribution in [0.25, 0.3) is 0 Å². The highest BCUT2D eigenvalue weighted by Crippen LogP contribution is 2.41. The van der Waals surface area contributed by atoms with Gasteiger partial charge in [0, 0.05) is 18.2 Å². The van der Waals surface area contributed by atoms with Gasteiger partial charge in [-0.25, -0.2) is 0 Å². The maximum Gasteiger partial charge on any atom is 0.418 e. The molecule has 3 nitrogen and oxygen atoms in total. The van der Waals surface area contributed by atoms with Crippen LogP contribution in [-0.2, 0) is 11.0 Å². The molecule has 1 fully saturated rings. The fourth-order valence-corrected chi connectivity index (χ4v) is 2.95. The summed E-state index contributed by atoms with van der Waals surface area (Å²) < 4.78 is 77.5. The van der Waals surface area contributed by atoms with Crippen molar-refractivity contribution in [1.29, 1.82) is 5.26 Å². The molecule has 0 saturated carbocycles. The molecule has 0 spiro atoms. The van der Waals surface area contributed by atoms with Gasteiger partial charge >= 0.3 is 12.4 Å². The van der Waals surface area contributed by atoms with E-state index in [1.54, 1.807) is 0 Å². The van der Waals surface area contributed by atoms with Crippen molar-refractivity contribution in [2.75, 3.05) is 4.90 Å². The highest BCUT2D eigenvalue weighted by atomic mass is 19.4. The van der Waals surface area contributed by atoms with Crippen LogP contribution in [0.15, 0.2) is 12.1 Å². The predicted octanol–water partition coefficient (Wildman–Crippen LogP) is 4.33. The Kier molecular flexibility index (Phi) is 4.52. The summed E-state index contributed by atoms with van der Waals surface area (Å²) in [6.07, 6.45) is -10.9. The number of carbonyl (C=O) groups is 1. The molecule has 2 rings (SSSR count). The largest absolute Gasteiger partial charge is 0.418 e. The second-order valence-electron chi connectivity index (χ2n) is 5.52. The lowest BCUT2D eigenvalue weighted by atomic mass is 9.99. The highest BCUT2D eigenvalue weighted by molar-refractivity contribution is 5.97. The molecule has 0 bridgehead atoms. The fraction of sp³-hybridized carbons (Fsp3) is 0.467. The zero-order valence-corrected chi connectivity index (χ0v) is 12.4. The van der Waals surface area contributed by atoms with Crippen molar-refractivity contribution < 1.29 is 31.1 Å². The third-order valence-electron chi connectivity index (χ3n) is 3.89. The molecule has 130 valence electrons. The van der Waals surface area contributed by atoms with E-state index in [1.807, 2.05) is 0 Å². The van der Waals surface area contributed by atoms with Crippen molar-refractivity contribution in [2.45, 2.75) is 44.6 Å². The van der Waals surface area contributed by atoms with E-state index in [0.29, 0.717) is 0 Å². The summed E-state index contributed by atoms with van der Waals surface area (Å²) in [6, 6.07) is 2.14. The fourth-order valence-electron chi connectivity index (χ4n) is 2.95. The average molecular weight is 350 g/mol. The summed E-state index contributed by atoms with van der Waals surface area (Å²) in [5, 5.41) is 8.84. The van der Waals surface area contributed by atoms with E-state index in [4.69, 9.17) is 5.26 Å². The van der Waals surface area contributed by atoms with Gasteiger partial charge < -0.3 is 4.90 Å². The van der Waals surface area contributed by atoms with Crippen molar-refractivity contribution >= 4 is 11.6 Å². The Labute approximate surface area is 133 Å². The van der Waals surface area contributed by atoms with Gasteiger partial charge in [-0.05, 0) is 31.0 Å². The molecule has 24 heavy (non-hydrogen) atoms. The van der Waals surface area contributed by atoms with Crippen LogP contribution in [0, 0.1) is 18.3 Å². The van der Waals surface area contributed by atoms with Gasteiger partial charge in [0.1, 0.15) is 0 Å². The first-order valence-corrected chi connectivity index (χ1v) is 6.95. The van der Waals surface area contributed by atoms with Gasteiger partial charge in [-0.3, -0.25) is 4.79 Å². The Balaban J connectivity index is 2.55. The van der Waals surface area contributed by atoms with Gasteiger partial charge in [0.05, 0.1) is 23.6 Å². The van der Waals surface area contributed by atoms with Gasteiger partial charge in [-0.1, -0.05) is 0 Å². The van der Waals surface area contributed by atoms with Crippen molar-refractivity contribution in [3.8, 4) is 6.07 Å². The van der Waals surface area contributed by atoms with E-state index in [-0.39, 0.29) is 18.5 Å². The third-order valence-corrected chi connectivity index (χ3v) is 3.89. The maximum absolute atomic E-state index is 13.2. The standard InChI is InChI=1S/C15H12F6N2O/c1-8-11(4-2-9(7-22)13(8)15(19,20)21)23-10(3-5-12(23)24)6-14(16,17)18/h2,4,10H,3,5-6H2,1H3. The number of rotatable bonds is 2. The van der Waals surface area contributed by atoms with Gasteiger partial charge in [0.25, 0.3) is 0 Å². The summed E-state index contributed by atoms with van der Waals surface area (Å²) in [7, 11) is 0. The smallest absolute Gasteiger partial charge is 0.309 e. The lowest BCUT2D eigenvalue weighted by molar-refractivity contribution is -0.139. The molecule has 0 radical (unpaired) electrons. The summed E-state index contributed by atoms with van der Waals surface area (Å²) >= 11 is 0. The minimum atomic E-state index is -4.85. The van der Waals surface area contributed by atoms with Crippen LogP contribution < -0.4 is 4.90 Å². The van der Waals surface area contributed by atoms with Gasteiger partial charge in [0.15, 0.2) is 0 Å². The van der Waals surface area contributed by atoms with Crippen LogP contribution in [0.4, 0.5) is 32.0 Å². The Hall–Kier alpha value is -2.24. The van der Waals surface area contributed by atoms with Crippen LogP contribution in [0.2, 0.25) is 0 Å². The number of carbonyl (C=O) groups excluding carboxylic acids is 1. The molecule has 1 aliphatic heterocycles. The Morgan fingerprint density at radius 2 is 1.88 bits per heavy atom. The molecule has 1 atom stereocenters. The van der Waals surface area contributed by atoms with E-state index in [1.165, 1.54) is 6.07 Å². The number of amides is 1. The molecule has 1 unspecified atom stereocenters. The minimum Gasteiger partial charge on any atom is -0.309 e. The third kappa shape index (κ3) is 3.47. The molecular weight excluding hydrogens is 338 g/mol. The quantitative estimate of drug-likeness (QED) is 0.745. The zero-order chi connectivity index (χ0) is 18.3. The Morgan fingerprint density at radius 3 is 2.38 bits per heavy atom. The molecule has 0 aromatic heterocycles. The monoisotopic (exact) mass is 350 g/mol. The van der Waals surface area contributed by atoms with Gasteiger partial charge in [-0.15, -0.1) is 0 Å². The van der Waals surface area contributed by atoms with Gasteiger partial charge in [-0.2, -0.15) is 31.6 Å². The molecular formula is C15H12F6N2O. The van der Waals surface area contributed by atoms with Crippen LogP contribution in [0.1, 0.15) is 36.0 Å². The summed E-state index contributed by atoms with van der Waals surface area (Å²) in [6.45, 7) is 1.05. The number of halogens is 6. The van der Waals surface area contributed by atoms with Crippen LogP contribution in [0.5, 0.6) is 0 Å². The van der Waals surface area contributed by atoms with E-state index >= 15 is 0 Å². The first-order chi connectivity index (χ1) is 11.0. The average Bonchev–Trinajstić information content (AvgIpc) is 2.76. The molecule has 1 heterocycles. The topological polar surface area (TPSA) is 44.1 Å². The zero-order valence-electron chi connectivity index (χ0n) is 12.4. The second kappa shape index (κ2) is 6.00. The summed E-state index contributed by atoms with van der Waals surface area (Å²) in [4.78, 5) is 12.7. The lowest BCUT2D eigenvalue weighted by Gasteiger charge is -2.28. The van der Waals surface area contributed by atoms with E-state index in [2.05, 4.69) is 0 Å². The second-order valence-corrected chi connectivity index (χ2v) is 5.52. The minimum absolute atomic E-state index is 0.0842. The SMILES string of the molecule is Cc1c(N2C(=O)CCC2CC(F)(F)F)ccc(C#N)c1C(F)(F)F. The molecule has 1 aromatic rings. The maximum atomic E-state index is 13.2. The summed E-state index contributed by atoms with van der Waals surface area (Å²) in [5.41, 5.74) is -2.53. The van der Waals surface area contributed by atoms with Crippen LogP contribution >= 0.6 is 0 Å². The number of hydrogen-bond acceptors (Lipinski definition) is 2. The number of benzene rings is 1. The molecule has 0 aliphatic carbocycles. The van der Waals surface area contributed by atoms with Gasteiger partial charge in [0.2, 0.25) is 5.91 Å². The number of anilines is 1. The molecule has 0 N–H and O–H groups in total. The molecule has 1 aliphatic rings. The first kappa shape index (κ1) is 18.1. The molecule has 1 amide bonds. The van der Waals surface area contributed by atoms with E-state index in [0.717, 1.165) is 24.0 Å². The first-order valence-electron chi connectivity index (χ1n) is 6.95. The number of nitrogens with zero attached hydrogens (tertiary/aromatic N) is 2. The molecule has 9 heteroatoms. The highest BCUT2D eigenvalue weighted by Gasteiger charge is 2.43. The number of nitriles is 1. The van der Waals surface area contributed by atoms with Crippen LogP contribution in [-0.4, -0.2) is 18.1 Å². The Morgan fingerprint density at radius 1 is 1.25 bits per heavy atom. The normalized spacial score (nSPS) is 18.8. The predicted molar refractivity (Wildman–Crippen MR) is 72.1 cm³/mol. The van der Waals surface area contributed by atoms with Crippen molar-refractivity contribution in [3.05, 3.63) is 28.8 Å². The van der Waals surface area contributed by atoms with Crippen molar-refractivity contribution in [2.24, 2.45) is 0 Å². The number of alkyl halides is 6. The van der Waals surface area contributed by atoms with Crippen molar-refractivity contribution in [3.63, 3.8) is 0 Å². The molecule has 1 saturated heterocycles. The summed E-state index contributed by atoms with van der Waals surface area (Å²) in [5.74, 6) is -0.662. The number of hydrogen-bond donors (Lipinski definition) is 0. The van der Waals surface area contributed by atoms with Crippen molar-refractivity contribution in [1.82, 2.24) is 0 Å². The Bertz CT molecular complexity index is 702. The van der Waals surface area contributed by atoms with E-state index in [9.17, 15) is 31.1 Å². The molecule has 1 aromatic carbocycles. The lowest BCUT2D eigenvalue weighted by Crippen LogP contribution is -2.37. The van der Waals surface area contributed by atoms with Crippen LogP contribution in [0.3, 0.4) is 0 Å². The van der Waals surface area contributed by atoms with E-state index < -0.39 is 47.4 Å².